The van der Waals surface area contributed by atoms with Gasteiger partial charge in [-0.1, -0.05) is 0 Å². The second kappa shape index (κ2) is 9.71. The number of methoxy groups -OCH3 is 4. The topological polar surface area (TPSA) is 110 Å². The lowest BCUT2D eigenvalue weighted by Crippen LogP contribution is -2.37. The first-order chi connectivity index (χ1) is 17.5. The number of aromatic nitrogens is 2. The van der Waals surface area contributed by atoms with E-state index in [0.717, 1.165) is 22.3 Å². The summed E-state index contributed by atoms with van der Waals surface area (Å²) in [6, 6.07) is 9.09. The highest BCUT2D eigenvalue weighted by Gasteiger charge is 2.33. The minimum absolute atomic E-state index is 0.302. The molecular formula is C26H30N4O6. The van der Waals surface area contributed by atoms with Crippen LogP contribution in [-0.2, 0) is 13.1 Å². The molecule has 2 atom stereocenters. The van der Waals surface area contributed by atoms with Crippen molar-refractivity contribution in [1.82, 2.24) is 9.97 Å². The van der Waals surface area contributed by atoms with E-state index in [1.807, 2.05) is 34.1 Å². The van der Waals surface area contributed by atoms with Crippen molar-refractivity contribution in [2.45, 2.75) is 25.3 Å². The highest BCUT2D eigenvalue weighted by molar-refractivity contribution is 5.58. The molecule has 0 radical (unpaired) electrons. The fourth-order valence-electron chi connectivity index (χ4n) is 5.15. The van der Waals surface area contributed by atoms with E-state index in [1.165, 1.54) is 0 Å². The van der Waals surface area contributed by atoms with Gasteiger partial charge in [-0.3, -0.25) is 0 Å². The van der Waals surface area contributed by atoms with Crippen molar-refractivity contribution in [3.63, 3.8) is 0 Å². The maximum absolute atomic E-state index is 11.0. The summed E-state index contributed by atoms with van der Waals surface area (Å²) >= 11 is 0. The van der Waals surface area contributed by atoms with Crippen molar-refractivity contribution in [1.29, 1.82) is 0 Å². The van der Waals surface area contributed by atoms with Crippen LogP contribution in [0.5, 0.6) is 23.0 Å². The zero-order valence-corrected chi connectivity index (χ0v) is 20.8. The van der Waals surface area contributed by atoms with E-state index in [0.29, 0.717) is 60.9 Å². The third-order valence-corrected chi connectivity index (χ3v) is 6.81. The Bertz CT molecular complexity index is 1180. The summed E-state index contributed by atoms with van der Waals surface area (Å²) in [5, 5.41) is 22.0. The Hall–Kier alpha value is -3.76. The molecule has 36 heavy (non-hydrogen) atoms. The smallest absolute Gasteiger partial charge is 0.227 e. The van der Waals surface area contributed by atoms with Crippen molar-refractivity contribution in [2.75, 3.05) is 51.3 Å². The number of benzene rings is 2. The number of anilines is 2. The van der Waals surface area contributed by atoms with E-state index in [4.69, 9.17) is 23.9 Å². The van der Waals surface area contributed by atoms with Gasteiger partial charge in [-0.05, 0) is 30.3 Å². The molecule has 0 aliphatic carbocycles. The van der Waals surface area contributed by atoms with Crippen molar-refractivity contribution in [3.8, 4) is 23.0 Å². The van der Waals surface area contributed by atoms with Crippen LogP contribution in [0.2, 0.25) is 0 Å². The first-order valence-corrected chi connectivity index (χ1v) is 11.7. The lowest BCUT2D eigenvalue weighted by molar-refractivity contribution is 0.169. The van der Waals surface area contributed by atoms with Gasteiger partial charge in [0.05, 0.1) is 48.1 Å². The number of hydrogen-bond donors (Lipinski definition) is 2. The number of aliphatic hydroxyl groups is 2. The predicted molar refractivity (Wildman–Crippen MR) is 133 cm³/mol. The molecule has 190 valence electrons. The maximum Gasteiger partial charge on any atom is 0.227 e. The van der Waals surface area contributed by atoms with E-state index in [-0.39, 0.29) is 0 Å². The summed E-state index contributed by atoms with van der Waals surface area (Å²) in [7, 11) is 6.39. The van der Waals surface area contributed by atoms with Crippen molar-refractivity contribution in [2.24, 2.45) is 0 Å². The van der Waals surface area contributed by atoms with Crippen LogP contribution in [-0.4, -0.2) is 61.7 Å². The van der Waals surface area contributed by atoms with E-state index < -0.39 is 12.2 Å². The lowest BCUT2D eigenvalue weighted by atomic mass is 9.95. The molecule has 3 aromatic rings. The number of β-amino-alcohol motifs (C(OH)–C–C–N with tert-alkyl or cyclic N) is 2. The molecule has 0 fully saturated rings. The van der Waals surface area contributed by atoms with Gasteiger partial charge in [-0.2, -0.15) is 4.98 Å². The summed E-state index contributed by atoms with van der Waals surface area (Å²) in [5.74, 6) is 3.74. The lowest BCUT2D eigenvalue weighted by Gasteiger charge is -2.36. The molecule has 0 amide bonds. The van der Waals surface area contributed by atoms with Crippen LogP contribution in [0.4, 0.5) is 11.8 Å². The Morgan fingerprint density at radius 1 is 0.694 bits per heavy atom. The molecule has 2 N–H and O–H groups in total. The Morgan fingerprint density at radius 2 is 1.17 bits per heavy atom. The number of hydrogen-bond acceptors (Lipinski definition) is 10. The van der Waals surface area contributed by atoms with Gasteiger partial charge in [0.1, 0.15) is 41.0 Å². The third kappa shape index (κ3) is 4.02. The Balaban J connectivity index is 1.47. The van der Waals surface area contributed by atoms with Gasteiger partial charge in [-0.15, -0.1) is 0 Å². The summed E-state index contributed by atoms with van der Waals surface area (Å²) in [6.45, 7) is 1.58. The number of aliphatic hydroxyl groups excluding tert-OH is 2. The van der Waals surface area contributed by atoms with E-state index in [2.05, 4.69) is 4.98 Å². The molecule has 0 spiro atoms. The molecular weight excluding hydrogens is 464 g/mol. The molecule has 3 heterocycles. The monoisotopic (exact) mass is 494 g/mol. The number of fused-ring (bicyclic) bond motifs is 2. The Labute approximate surface area is 209 Å². The van der Waals surface area contributed by atoms with Crippen LogP contribution in [0.15, 0.2) is 36.5 Å². The zero-order valence-electron chi connectivity index (χ0n) is 20.8. The molecule has 2 aliphatic heterocycles. The standard InChI is InChI=1S/C26H30N4O6/c1-33-19-5-7-21(35-3)24-15(19)11-29(13-17(24)31)23-9-10-27-26(28-23)30-12-16-20(34-2)6-8-22(36-4)25(16)18(32)14-30/h5-10,17-18,31-32H,11-14H2,1-4H3/t17-,18-/m1/s1. The van der Waals surface area contributed by atoms with Crippen LogP contribution in [0, 0.1) is 0 Å². The largest absolute Gasteiger partial charge is 0.496 e. The fourth-order valence-corrected chi connectivity index (χ4v) is 5.15. The van der Waals surface area contributed by atoms with Crippen molar-refractivity contribution in [3.05, 3.63) is 58.8 Å². The second-order valence-electron chi connectivity index (χ2n) is 8.73. The SMILES string of the molecule is COc1ccc(OC)c2c1CN(c1ccnc(N3Cc4c(OC)ccc(OC)c4[C@H](O)C3)n1)C[C@H]2O. The highest BCUT2D eigenvalue weighted by Crippen LogP contribution is 2.42. The van der Waals surface area contributed by atoms with Crippen LogP contribution in [0.3, 0.4) is 0 Å². The van der Waals surface area contributed by atoms with E-state index >= 15 is 0 Å². The molecule has 10 heteroatoms. The molecule has 0 unspecified atom stereocenters. The molecule has 0 saturated heterocycles. The number of nitrogens with zero attached hydrogens (tertiary/aromatic N) is 4. The van der Waals surface area contributed by atoms with Crippen LogP contribution >= 0.6 is 0 Å². The molecule has 1 aromatic heterocycles. The van der Waals surface area contributed by atoms with Gasteiger partial charge in [0.2, 0.25) is 5.95 Å². The van der Waals surface area contributed by atoms with E-state index in [9.17, 15) is 10.2 Å². The predicted octanol–water partition coefficient (Wildman–Crippen LogP) is 2.62. The fraction of sp³-hybridized carbons (Fsp3) is 0.385. The summed E-state index contributed by atoms with van der Waals surface area (Å²) in [5.41, 5.74) is 3.15. The van der Waals surface area contributed by atoms with Gasteiger partial charge in [0.15, 0.2) is 0 Å². The summed E-state index contributed by atoms with van der Waals surface area (Å²) in [6.07, 6.45) is 0.108. The molecule has 0 saturated carbocycles. The molecule has 2 aromatic carbocycles. The normalized spacial score (nSPS) is 18.8. The van der Waals surface area contributed by atoms with Gasteiger partial charge in [-0.25, -0.2) is 4.98 Å². The molecule has 0 bridgehead atoms. The minimum Gasteiger partial charge on any atom is -0.496 e. The minimum atomic E-state index is -0.800. The van der Waals surface area contributed by atoms with Crippen molar-refractivity contribution >= 4 is 11.8 Å². The average Bonchev–Trinajstić information content (AvgIpc) is 2.91. The van der Waals surface area contributed by atoms with Crippen LogP contribution in [0.1, 0.15) is 34.5 Å². The highest BCUT2D eigenvalue weighted by atomic mass is 16.5. The Morgan fingerprint density at radius 3 is 1.69 bits per heavy atom. The first kappa shape index (κ1) is 24.0. The summed E-state index contributed by atoms with van der Waals surface area (Å²) < 4.78 is 22.1. The van der Waals surface area contributed by atoms with Gasteiger partial charge >= 0.3 is 0 Å². The quantitative estimate of drug-likeness (QED) is 0.531. The average molecular weight is 495 g/mol. The first-order valence-electron chi connectivity index (χ1n) is 11.7. The van der Waals surface area contributed by atoms with Gasteiger partial charge in [0, 0.05) is 35.0 Å². The molecule has 5 rings (SSSR count). The second-order valence-corrected chi connectivity index (χ2v) is 8.73. The van der Waals surface area contributed by atoms with E-state index in [1.54, 1.807) is 40.7 Å². The van der Waals surface area contributed by atoms with Gasteiger partial charge < -0.3 is 39.0 Å². The molecule has 10 nitrogen and oxygen atoms in total. The maximum atomic E-state index is 11.0. The van der Waals surface area contributed by atoms with Crippen LogP contribution in [0.25, 0.3) is 0 Å². The third-order valence-electron chi connectivity index (χ3n) is 6.81. The van der Waals surface area contributed by atoms with Gasteiger partial charge in [0.25, 0.3) is 0 Å². The number of rotatable bonds is 6. The Kier molecular flexibility index (Phi) is 6.46. The number of ether oxygens (including phenoxy) is 4. The summed E-state index contributed by atoms with van der Waals surface area (Å²) in [4.78, 5) is 13.2. The molecule has 2 aliphatic rings. The van der Waals surface area contributed by atoms with Crippen LogP contribution < -0.4 is 28.7 Å². The van der Waals surface area contributed by atoms with Crippen molar-refractivity contribution < 1.29 is 29.2 Å². The zero-order chi connectivity index (χ0) is 25.4.